The smallest absolute Gasteiger partial charge is 0.228 e. The van der Waals surface area contributed by atoms with Gasteiger partial charge in [0.05, 0.1) is 0 Å². The molecule has 1 amide bonds. The third-order valence-electron chi connectivity index (χ3n) is 4.81. The van der Waals surface area contributed by atoms with Crippen LogP contribution in [0.15, 0.2) is 0 Å². The molecule has 110 valence electrons. The van der Waals surface area contributed by atoms with E-state index in [1.807, 2.05) is 0 Å². The summed E-state index contributed by atoms with van der Waals surface area (Å²) < 4.78 is 0. The maximum atomic E-state index is 13.0. The standard InChI is InChI=1S/C16H30N2O/c1-13(2)12-18(14-6-4-5-7-14)15(19)16(3)8-10-17-11-9-16/h13-14,17H,4-12H2,1-3H3. The van der Waals surface area contributed by atoms with Crippen LogP contribution in [0.25, 0.3) is 0 Å². The van der Waals surface area contributed by atoms with Gasteiger partial charge in [0.1, 0.15) is 0 Å². The summed E-state index contributed by atoms with van der Waals surface area (Å²) in [6.45, 7) is 9.54. The van der Waals surface area contributed by atoms with Crippen LogP contribution in [0.2, 0.25) is 0 Å². The lowest BCUT2D eigenvalue weighted by Gasteiger charge is -2.40. The summed E-state index contributed by atoms with van der Waals surface area (Å²) in [4.78, 5) is 15.3. The largest absolute Gasteiger partial charge is 0.339 e. The summed E-state index contributed by atoms with van der Waals surface area (Å²) in [7, 11) is 0. The van der Waals surface area contributed by atoms with Crippen molar-refractivity contribution in [1.82, 2.24) is 10.2 Å². The second-order valence-corrected chi connectivity index (χ2v) is 7.10. The lowest BCUT2D eigenvalue weighted by Crippen LogP contribution is -2.51. The summed E-state index contributed by atoms with van der Waals surface area (Å²) in [5.41, 5.74) is -0.122. The molecule has 1 saturated heterocycles. The number of amides is 1. The molecule has 0 aromatic heterocycles. The predicted octanol–water partition coefficient (Wildman–Crippen LogP) is 2.80. The van der Waals surface area contributed by atoms with E-state index in [1.54, 1.807) is 0 Å². The van der Waals surface area contributed by atoms with Gasteiger partial charge >= 0.3 is 0 Å². The fourth-order valence-electron chi connectivity index (χ4n) is 3.55. The van der Waals surface area contributed by atoms with Crippen molar-refractivity contribution < 1.29 is 4.79 Å². The molecule has 1 N–H and O–H groups in total. The molecule has 2 rings (SSSR count). The molecule has 3 nitrogen and oxygen atoms in total. The molecule has 0 aromatic rings. The van der Waals surface area contributed by atoms with Crippen LogP contribution in [0.3, 0.4) is 0 Å². The van der Waals surface area contributed by atoms with Crippen LogP contribution >= 0.6 is 0 Å². The topological polar surface area (TPSA) is 32.3 Å². The van der Waals surface area contributed by atoms with Crippen LogP contribution in [0.5, 0.6) is 0 Å². The van der Waals surface area contributed by atoms with Crippen molar-refractivity contribution in [2.45, 2.75) is 65.3 Å². The van der Waals surface area contributed by atoms with E-state index in [9.17, 15) is 4.79 Å². The molecule has 2 fully saturated rings. The fourth-order valence-corrected chi connectivity index (χ4v) is 3.55. The lowest BCUT2D eigenvalue weighted by molar-refractivity contribution is -0.145. The molecule has 2 aliphatic rings. The van der Waals surface area contributed by atoms with Crippen LogP contribution < -0.4 is 5.32 Å². The Hall–Kier alpha value is -0.570. The molecule has 0 spiro atoms. The molecule has 0 bridgehead atoms. The van der Waals surface area contributed by atoms with Crippen molar-refractivity contribution in [3.8, 4) is 0 Å². The van der Waals surface area contributed by atoms with Gasteiger partial charge in [0.2, 0.25) is 5.91 Å². The Kier molecular flexibility index (Phi) is 4.88. The Morgan fingerprint density at radius 1 is 1.26 bits per heavy atom. The maximum absolute atomic E-state index is 13.0. The van der Waals surface area contributed by atoms with E-state index in [4.69, 9.17) is 0 Å². The Balaban J connectivity index is 2.09. The van der Waals surface area contributed by atoms with Crippen molar-refractivity contribution in [2.75, 3.05) is 19.6 Å². The van der Waals surface area contributed by atoms with Gasteiger partial charge < -0.3 is 10.2 Å². The van der Waals surface area contributed by atoms with Gasteiger partial charge in [-0.05, 0) is 44.7 Å². The van der Waals surface area contributed by atoms with Gasteiger partial charge in [0.25, 0.3) is 0 Å². The Bertz CT molecular complexity index is 302. The highest BCUT2D eigenvalue weighted by Gasteiger charge is 2.40. The van der Waals surface area contributed by atoms with E-state index < -0.39 is 0 Å². The first kappa shape index (κ1) is 14.8. The third-order valence-corrected chi connectivity index (χ3v) is 4.81. The first-order valence-electron chi connectivity index (χ1n) is 8.05. The van der Waals surface area contributed by atoms with Gasteiger partial charge in [0.15, 0.2) is 0 Å². The second-order valence-electron chi connectivity index (χ2n) is 7.10. The number of carbonyl (C=O) groups is 1. The van der Waals surface area contributed by atoms with Gasteiger partial charge in [-0.25, -0.2) is 0 Å². The average molecular weight is 266 g/mol. The summed E-state index contributed by atoms with van der Waals surface area (Å²) in [6.07, 6.45) is 7.01. The minimum Gasteiger partial charge on any atom is -0.339 e. The van der Waals surface area contributed by atoms with Crippen molar-refractivity contribution >= 4 is 5.91 Å². The Morgan fingerprint density at radius 3 is 2.37 bits per heavy atom. The number of carbonyl (C=O) groups excluding carboxylic acids is 1. The van der Waals surface area contributed by atoms with E-state index in [0.717, 1.165) is 32.5 Å². The quantitative estimate of drug-likeness (QED) is 0.848. The minimum absolute atomic E-state index is 0.122. The zero-order valence-corrected chi connectivity index (χ0v) is 12.9. The number of nitrogens with zero attached hydrogens (tertiary/aromatic N) is 1. The Labute approximate surface area is 118 Å². The SMILES string of the molecule is CC(C)CN(C(=O)C1(C)CCNCC1)C1CCCC1. The maximum Gasteiger partial charge on any atom is 0.228 e. The average Bonchev–Trinajstić information content (AvgIpc) is 2.89. The molecule has 1 aliphatic heterocycles. The normalized spacial score (nSPS) is 23.8. The number of rotatable bonds is 4. The number of piperidine rings is 1. The van der Waals surface area contributed by atoms with E-state index in [-0.39, 0.29) is 5.41 Å². The molecule has 0 aromatic carbocycles. The lowest BCUT2D eigenvalue weighted by atomic mass is 9.79. The highest BCUT2D eigenvalue weighted by molar-refractivity contribution is 5.83. The molecule has 0 unspecified atom stereocenters. The zero-order chi connectivity index (χ0) is 13.9. The van der Waals surface area contributed by atoms with Crippen molar-refractivity contribution in [1.29, 1.82) is 0 Å². The van der Waals surface area contributed by atoms with Gasteiger partial charge in [-0.15, -0.1) is 0 Å². The third kappa shape index (κ3) is 3.50. The summed E-state index contributed by atoms with van der Waals surface area (Å²) in [5.74, 6) is 0.990. The zero-order valence-electron chi connectivity index (χ0n) is 12.9. The summed E-state index contributed by atoms with van der Waals surface area (Å²) in [5, 5.41) is 3.37. The van der Waals surface area contributed by atoms with E-state index in [1.165, 1.54) is 25.7 Å². The molecular formula is C16H30N2O. The van der Waals surface area contributed by atoms with E-state index >= 15 is 0 Å². The fraction of sp³-hybridized carbons (Fsp3) is 0.938. The first-order valence-corrected chi connectivity index (χ1v) is 8.05. The van der Waals surface area contributed by atoms with Gasteiger partial charge in [-0.3, -0.25) is 4.79 Å². The molecule has 19 heavy (non-hydrogen) atoms. The molecule has 1 aliphatic carbocycles. The van der Waals surface area contributed by atoms with E-state index in [0.29, 0.717) is 17.9 Å². The van der Waals surface area contributed by atoms with Gasteiger partial charge in [-0.2, -0.15) is 0 Å². The number of hydrogen-bond donors (Lipinski definition) is 1. The van der Waals surface area contributed by atoms with Gasteiger partial charge in [-0.1, -0.05) is 33.6 Å². The van der Waals surface area contributed by atoms with Crippen LogP contribution in [0.1, 0.15) is 59.3 Å². The molecular weight excluding hydrogens is 236 g/mol. The highest BCUT2D eigenvalue weighted by atomic mass is 16.2. The molecule has 1 heterocycles. The molecule has 0 atom stereocenters. The second kappa shape index (κ2) is 6.25. The van der Waals surface area contributed by atoms with Crippen molar-refractivity contribution in [2.24, 2.45) is 11.3 Å². The van der Waals surface area contributed by atoms with Crippen molar-refractivity contribution in [3.05, 3.63) is 0 Å². The van der Waals surface area contributed by atoms with Crippen molar-refractivity contribution in [3.63, 3.8) is 0 Å². The predicted molar refractivity (Wildman–Crippen MR) is 79.0 cm³/mol. The minimum atomic E-state index is -0.122. The van der Waals surface area contributed by atoms with Crippen LogP contribution in [-0.4, -0.2) is 36.5 Å². The number of hydrogen-bond acceptors (Lipinski definition) is 2. The molecule has 0 radical (unpaired) electrons. The van der Waals surface area contributed by atoms with Crippen LogP contribution in [0, 0.1) is 11.3 Å². The molecule has 1 saturated carbocycles. The Morgan fingerprint density at radius 2 is 1.84 bits per heavy atom. The highest BCUT2D eigenvalue weighted by Crippen LogP contribution is 2.34. The van der Waals surface area contributed by atoms with Crippen LogP contribution in [-0.2, 0) is 4.79 Å². The first-order chi connectivity index (χ1) is 9.03. The number of nitrogens with one attached hydrogen (secondary N) is 1. The summed E-state index contributed by atoms with van der Waals surface area (Å²) >= 11 is 0. The van der Waals surface area contributed by atoms with Crippen LogP contribution in [0.4, 0.5) is 0 Å². The summed E-state index contributed by atoms with van der Waals surface area (Å²) in [6, 6.07) is 0.515. The molecule has 3 heteroatoms. The monoisotopic (exact) mass is 266 g/mol. The van der Waals surface area contributed by atoms with Gasteiger partial charge in [0, 0.05) is 18.0 Å². The van der Waals surface area contributed by atoms with E-state index in [2.05, 4.69) is 31.0 Å².